The molecule has 11 heteroatoms. The zero-order chi connectivity index (χ0) is 25.0. The van der Waals surface area contributed by atoms with Crippen molar-refractivity contribution < 1.29 is 35.3 Å². The Morgan fingerprint density at radius 2 is 1.64 bits per heavy atom. The van der Waals surface area contributed by atoms with Gasteiger partial charge < -0.3 is 8.92 Å². The monoisotopic (exact) mass is 524 g/mol. The molecule has 0 unspecified atom stereocenters. The number of rotatable bonds is 4. The van der Waals surface area contributed by atoms with E-state index in [9.17, 15) is 26.4 Å². The number of hydrogen-bond donors (Lipinski definition) is 0. The van der Waals surface area contributed by atoms with Gasteiger partial charge in [0, 0.05) is 26.7 Å². The smallest absolute Gasteiger partial charge is 0.465 e. The summed E-state index contributed by atoms with van der Waals surface area (Å²) < 4.78 is 72.4. The van der Waals surface area contributed by atoms with Crippen molar-refractivity contribution in [1.82, 2.24) is 0 Å². The van der Waals surface area contributed by atoms with Gasteiger partial charge in [0.05, 0.1) is 12.7 Å². The second kappa shape index (κ2) is 10.8. The quantitative estimate of drug-likeness (QED) is 0.247. The fourth-order valence-corrected chi connectivity index (χ4v) is 4.27. The molecule has 1 aliphatic rings. The Morgan fingerprint density at radius 3 is 2.21 bits per heavy atom. The highest BCUT2D eigenvalue weighted by Crippen LogP contribution is 2.42. The number of carbonyl (C=O) groups is 1. The van der Waals surface area contributed by atoms with Crippen LogP contribution in [0.1, 0.15) is 53.7 Å². The number of fused-ring (bicyclic) bond motifs is 1. The van der Waals surface area contributed by atoms with Gasteiger partial charge in [-0.3, -0.25) is 0 Å². The molecule has 0 N–H and O–H groups in total. The molecule has 0 saturated carbocycles. The number of alkyl halides is 3. The SMILES string of the molecule is CC.COC(=O)c1ccc2c(c1)CCCC(c1ccc(Cl)cc1Cl)=C2OS(=O)(=O)C(F)(F)F. The molecule has 1 aliphatic carbocycles. The summed E-state index contributed by atoms with van der Waals surface area (Å²) in [5.74, 6) is -1.13. The lowest BCUT2D eigenvalue weighted by atomic mass is 9.98. The molecule has 5 nitrogen and oxygen atoms in total. The molecule has 0 spiro atoms. The first-order chi connectivity index (χ1) is 15.4. The van der Waals surface area contributed by atoms with Crippen molar-refractivity contribution in [1.29, 1.82) is 0 Å². The maximum atomic E-state index is 13.1. The second-order valence-electron chi connectivity index (χ2n) is 6.63. The van der Waals surface area contributed by atoms with Crippen molar-refractivity contribution in [3.8, 4) is 0 Å². The summed E-state index contributed by atoms with van der Waals surface area (Å²) in [6, 6.07) is 8.46. The largest absolute Gasteiger partial charge is 0.534 e. The molecular weight excluding hydrogens is 504 g/mol. The van der Waals surface area contributed by atoms with Crippen molar-refractivity contribution in [2.45, 2.75) is 38.6 Å². The highest BCUT2D eigenvalue weighted by atomic mass is 35.5. The van der Waals surface area contributed by atoms with Crippen LogP contribution in [0.5, 0.6) is 0 Å². The highest BCUT2D eigenvalue weighted by molar-refractivity contribution is 7.87. The van der Waals surface area contributed by atoms with Gasteiger partial charge in [0.2, 0.25) is 0 Å². The number of hydrogen-bond acceptors (Lipinski definition) is 5. The van der Waals surface area contributed by atoms with Gasteiger partial charge in [0.15, 0.2) is 5.76 Å². The van der Waals surface area contributed by atoms with Gasteiger partial charge in [-0.1, -0.05) is 49.2 Å². The van der Waals surface area contributed by atoms with Gasteiger partial charge in [-0.25, -0.2) is 4.79 Å². The molecule has 0 fully saturated rings. The van der Waals surface area contributed by atoms with Gasteiger partial charge in [-0.05, 0) is 49.1 Å². The summed E-state index contributed by atoms with van der Waals surface area (Å²) in [5.41, 5.74) is -4.43. The molecule has 0 radical (unpaired) electrons. The van der Waals surface area contributed by atoms with E-state index in [1.807, 2.05) is 13.8 Å². The van der Waals surface area contributed by atoms with Crippen molar-refractivity contribution in [2.75, 3.05) is 7.11 Å². The lowest BCUT2D eigenvalue weighted by Gasteiger charge is -2.18. The van der Waals surface area contributed by atoms with Gasteiger partial charge in [0.1, 0.15) is 0 Å². The zero-order valence-corrected chi connectivity index (χ0v) is 20.3. The molecular formula is C22H21Cl2F3O5S. The van der Waals surface area contributed by atoms with E-state index in [2.05, 4.69) is 8.92 Å². The van der Waals surface area contributed by atoms with Crippen LogP contribution >= 0.6 is 23.2 Å². The molecule has 0 heterocycles. The first kappa shape index (κ1) is 27.0. The van der Waals surface area contributed by atoms with E-state index in [1.54, 1.807) is 0 Å². The summed E-state index contributed by atoms with van der Waals surface area (Å²) in [5, 5.41) is 0.430. The predicted octanol–water partition coefficient (Wildman–Crippen LogP) is 6.88. The third kappa shape index (κ3) is 6.02. The molecule has 0 bridgehead atoms. The van der Waals surface area contributed by atoms with E-state index in [4.69, 9.17) is 23.2 Å². The minimum absolute atomic E-state index is 0.110. The molecule has 0 aromatic heterocycles. The van der Waals surface area contributed by atoms with Gasteiger partial charge in [-0.2, -0.15) is 21.6 Å². The van der Waals surface area contributed by atoms with E-state index in [1.165, 1.54) is 43.5 Å². The molecule has 2 aromatic rings. The first-order valence-electron chi connectivity index (χ1n) is 9.85. The third-order valence-corrected chi connectivity index (χ3v) is 6.15. The topological polar surface area (TPSA) is 69.7 Å². The minimum atomic E-state index is -5.97. The number of halogens is 5. The average Bonchev–Trinajstić information content (AvgIpc) is 2.92. The van der Waals surface area contributed by atoms with Gasteiger partial charge in [0.25, 0.3) is 0 Å². The van der Waals surface area contributed by atoms with E-state index < -0.39 is 27.4 Å². The maximum Gasteiger partial charge on any atom is 0.534 e. The number of benzene rings is 2. The van der Waals surface area contributed by atoms with Crippen LogP contribution in [0.2, 0.25) is 10.0 Å². The summed E-state index contributed by atoms with van der Waals surface area (Å²) >= 11 is 12.2. The molecule has 0 saturated heterocycles. The van der Waals surface area contributed by atoms with Crippen LogP contribution in [0.3, 0.4) is 0 Å². The number of carbonyl (C=O) groups excluding carboxylic acids is 1. The van der Waals surface area contributed by atoms with Crippen LogP contribution in [-0.2, 0) is 25.5 Å². The number of allylic oxidation sites excluding steroid dienone is 1. The number of esters is 1. The van der Waals surface area contributed by atoms with E-state index in [0.717, 1.165) is 0 Å². The Balaban J connectivity index is 0.00000187. The third-order valence-electron chi connectivity index (χ3n) is 4.65. The number of aryl methyl sites for hydroxylation is 1. The van der Waals surface area contributed by atoms with Crippen molar-refractivity contribution in [2.24, 2.45) is 0 Å². The lowest BCUT2D eigenvalue weighted by molar-refractivity contribution is -0.0509. The Bertz CT molecular complexity index is 1180. The van der Waals surface area contributed by atoms with Crippen molar-refractivity contribution in [3.05, 3.63) is 68.7 Å². The molecule has 180 valence electrons. The first-order valence-corrected chi connectivity index (χ1v) is 12.0. The number of ether oxygens (including phenoxy) is 1. The Kier molecular flexibility index (Phi) is 8.84. The Hall–Kier alpha value is -2.23. The van der Waals surface area contributed by atoms with Crippen molar-refractivity contribution >= 4 is 50.6 Å². The normalized spacial score (nSPS) is 13.9. The summed E-state index contributed by atoms with van der Waals surface area (Å²) in [6.07, 6.45) is 0.963. The average molecular weight is 525 g/mol. The second-order valence-corrected chi connectivity index (χ2v) is 9.01. The standard InChI is InChI=1S/C20H15Cl2F3O5S.C2H6/c1-29-19(26)12-5-7-14-11(9-12)3-2-4-16(15-8-6-13(21)10-17(15)22)18(14)30-31(27,28)20(23,24)25;1-2/h5-10H,2-4H2,1H3;1-2H3. The van der Waals surface area contributed by atoms with E-state index in [-0.39, 0.29) is 28.1 Å². The molecule has 3 rings (SSSR count). The zero-order valence-electron chi connectivity index (χ0n) is 17.9. The summed E-state index contributed by atoms with van der Waals surface area (Å²) in [4.78, 5) is 11.8. The van der Waals surface area contributed by atoms with Crippen LogP contribution in [0.15, 0.2) is 36.4 Å². The molecule has 0 atom stereocenters. The number of methoxy groups -OCH3 is 1. The molecule has 2 aromatic carbocycles. The summed E-state index contributed by atoms with van der Waals surface area (Å²) in [7, 11) is -4.77. The fourth-order valence-electron chi connectivity index (χ4n) is 3.24. The van der Waals surface area contributed by atoms with E-state index in [0.29, 0.717) is 29.0 Å². The fraction of sp³-hybridized carbons (Fsp3) is 0.318. The Labute approximate surface area is 200 Å². The minimum Gasteiger partial charge on any atom is -0.465 e. The maximum absolute atomic E-state index is 13.1. The van der Waals surface area contributed by atoms with E-state index >= 15 is 0 Å². The Morgan fingerprint density at radius 1 is 1.00 bits per heavy atom. The molecule has 0 amide bonds. The van der Waals surface area contributed by atoms with Gasteiger partial charge in [-0.15, -0.1) is 0 Å². The van der Waals surface area contributed by atoms with Crippen molar-refractivity contribution in [3.63, 3.8) is 0 Å². The summed E-state index contributed by atoms with van der Waals surface area (Å²) in [6.45, 7) is 4.00. The lowest BCUT2D eigenvalue weighted by Crippen LogP contribution is -2.25. The van der Waals surface area contributed by atoms with Crippen LogP contribution in [0.25, 0.3) is 11.3 Å². The molecule has 33 heavy (non-hydrogen) atoms. The highest BCUT2D eigenvalue weighted by Gasteiger charge is 2.49. The molecule has 0 aliphatic heterocycles. The van der Waals surface area contributed by atoms with Crippen LogP contribution < -0.4 is 0 Å². The van der Waals surface area contributed by atoms with Crippen LogP contribution in [0, 0.1) is 0 Å². The van der Waals surface area contributed by atoms with Crippen LogP contribution in [-0.4, -0.2) is 27.0 Å². The van der Waals surface area contributed by atoms with Gasteiger partial charge >= 0.3 is 21.6 Å². The predicted molar refractivity (Wildman–Crippen MR) is 121 cm³/mol. The van der Waals surface area contributed by atoms with Crippen LogP contribution in [0.4, 0.5) is 13.2 Å².